The molecule has 0 saturated carbocycles. The molecule has 0 fully saturated rings. The summed E-state index contributed by atoms with van der Waals surface area (Å²) in [5.41, 5.74) is 3.75. The molecule has 0 spiro atoms. The van der Waals surface area contributed by atoms with E-state index in [4.69, 9.17) is 0 Å². The second-order valence-corrected chi connectivity index (χ2v) is 3.83. The summed E-state index contributed by atoms with van der Waals surface area (Å²) in [5, 5.41) is 0. The Bertz CT molecular complexity index is 442. The third kappa shape index (κ3) is 2.38. The van der Waals surface area contributed by atoms with Gasteiger partial charge in [0.15, 0.2) is 12.4 Å². The first kappa shape index (κ1) is 9.78. The molecule has 0 unspecified atom stereocenters. The molecule has 0 atom stereocenters. The molecule has 0 aliphatic heterocycles. The molecule has 1 aromatic carbocycles. The van der Waals surface area contributed by atoms with E-state index in [0.29, 0.717) is 0 Å². The van der Waals surface area contributed by atoms with Crippen LogP contribution in [0.3, 0.4) is 0 Å². The molecule has 0 bridgehead atoms. The normalized spacial score (nSPS) is 10.0. The number of hydrogen-bond acceptors (Lipinski definition) is 0. The van der Waals surface area contributed by atoms with Crippen LogP contribution in [0.15, 0.2) is 54.9 Å². The molecule has 1 heteroatoms. The molecule has 2 rings (SSSR count). The number of hydrogen-bond donors (Lipinski definition) is 0. The minimum atomic E-state index is 1.19. The van der Waals surface area contributed by atoms with Crippen LogP contribution >= 0.6 is 0 Å². The molecular weight excluding hydrogens is 182 g/mol. The van der Waals surface area contributed by atoms with Crippen molar-refractivity contribution in [3.63, 3.8) is 0 Å². The summed E-state index contributed by atoms with van der Waals surface area (Å²) in [7, 11) is 0. The lowest BCUT2D eigenvalue weighted by Gasteiger charge is -1.94. The van der Waals surface area contributed by atoms with Gasteiger partial charge in [0.2, 0.25) is 0 Å². The second-order valence-electron chi connectivity index (χ2n) is 3.83. The van der Waals surface area contributed by atoms with Crippen LogP contribution in [0.4, 0.5) is 0 Å². The lowest BCUT2D eigenvalue weighted by molar-refractivity contribution is -0.596. The highest BCUT2D eigenvalue weighted by Gasteiger charge is 2.09. The molecule has 1 heterocycles. The van der Waals surface area contributed by atoms with Gasteiger partial charge in [0.1, 0.15) is 12.1 Å². The fraction of sp³-hybridized carbons (Fsp3) is 0.143. The summed E-state index contributed by atoms with van der Waals surface area (Å²) in [6.07, 6.45) is 4.28. The van der Waals surface area contributed by atoms with Crippen LogP contribution in [0.2, 0.25) is 0 Å². The van der Waals surface area contributed by atoms with Crippen molar-refractivity contribution in [2.24, 2.45) is 0 Å². The van der Waals surface area contributed by atoms with E-state index in [1.807, 2.05) is 12.1 Å². The minimum Gasteiger partial charge on any atom is -0.144 e. The number of pyridine rings is 1. The Hall–Kier alpha value is -1.76. The Labute approximate surface area is 90.7 Å². The maximum atomic E-state index is 2.18. The molecule has 0 aliphatic carbocycles. The predicted molar refractivity (Wildman–Crippen MR) is 61.9 cm³/mol. The Kier molecular flexibility index (Phi) is 2.72. The Balaban J connectivity index is 2.55. The molecule has 74 valence electrons. The van der Waals surface area contributed by atoms with Crippen LogP contribution in [0, 0.1) is 13.8 Å². The van der Waals surface area contributed by atoms with Crippen LogP contribution in [0.25, 0.3) is 5.69 Å². The third-order valence-corrected chi connectivity index (χ3v) is 2.31. The first-order valence-electron chi connectivity index (χ1n) is 5.14. The van der Waals surface area contributed by atoms with Crippen molar-refractivity contribution in [1.82, 2.24) is 0 Å². The number of aryl methyl sites for hydroxylation is 2. The highest BCUT2D eigenvalue weighted by atomic mass is 14.9. The monoisotopic (exact) mass is 197 g/mol. The fourth-order valence-electron chi connectivity index (χ4n) is 1.72. The van der Waals surface area contributed by atoms with Gasteiger partial charge in [0.25, 0.3) is 0 Å². The van der Waals surface area contributed by atoms with Gasteiger partial charge in [-0.15, -0.1) is 4.57 Å². The van der Waals surface area contributed by atoms with E-state index in [1.165, 1.54) is 16.8 Å². The average molecular weight is 197 g/mol. The highest BCUT2D eigenvalue weighted by Crippen LogP contribution is 2.02. The van der Waals surface area contributed by atoms with Gasteiger partial charge in [-0.2, -0.15) is 0 Å². The Morgan fingerprint density at radius 3 is 2.47 bits per heavy atom. The molecule has 0 saturated heterocycles. The first-order valence-corrected chi connectivity index (χ1v) is 5.14. The summed E-state index contributed by atoms with van der Waals surface area (Å²) < 4.78 is 2.16. The van der Waals surface area contributed by atoms with Gasteiger partial charge in [-0.05, 0) is 19.9 Å². The van der Waals surface area contributed by atoms with Gasteiger partial charge in [-0.25, -0.2) is 0 Å². The van der Waals surface area contributed by atoms with Crippen molar-refractivity contribution < 1.29 is 4.57 Å². The first-order chi connectivity index (χ1) is 7.25. The highest BCUT2D eigenvalue weighted by molar-refractivity contribution is 5.22. The summed E-state index contributed by atoms with van der Waals surface area (Å²) in [6.45, 7) is 4.24. The SMILES string of the molecule is Cc1cc(C)c[n+](-c2ccccc[cH+]2)c1. The van der Waals surface area contributed by atoms with E-state index in [1.54, 1.807) is 0 Å². The van der Waals surface area contributed by atoms with Crippen LogP contribution in [0.1, 0.15) is 11.1 Å². The maximum absolute atomic E-state index is 2.18. The fourth-order valence-corrected chi connectivity index (χ4v) is 1.72. The smallest absolute Gasteiger partial charge is 0.144 e. The van der Waals surface area contributed by atoms with E-state index < -0.39 is 0 Å². The van der Waals surface area contributed by atoms with Crippen molar-refractivity contribution in [1.29, 1.82) is 0 Å². The topological polar surface area (TPSA) is 3.88 Å². The van der Waals surface area contributed by atoms with E-state index in [0.717, 1.165) is 0 Å². The molecule has 1 aromatic heterocycles. The largest absolute Gasteiger partial charge is 0.316 e. The molecule has 15 heavy (non-hydrogen) atoms. The van der Waals surface area contributed by atoms with Crippen molar-refractivity contribution in [2.45, 2.75) is 13.8 Å². The standard InChI is InChI=1S/C14H15N/c1-12-9-13(2)11-15(10-12)14-7-5-3-4-6-8-14/h3-11H,1-2H3/q+2. The predicted octanol–water partition coefficient (Wildman–Crippen LogP) is 2.86. The van der Waals surface area contributed by atoms with E-state index in [-0.39, 0.29) is 0 Å². The lowest BCUT2D eigenvalue weighted by Crippen LogP contribution is -2.30. The molecule has 0 radical (unpaired) electrons. The van der Waals surface area contributed by atoms with Crippen LogP contribution in [-0.4, -0.2) is 0 Å². The molecule has 1 nitrogen and oxygen atoms in total. The van der Waals surface area contributed by atoms with Crippen molar-refractivity contribution in [3.8, 4) is 5.69 Å². The summed E-state index contributed by atoms with van der Waals surface area (Å²) in [6, 6.07) is 14.6. The number of nitrogens with zero attached hydrogens (tertiary/aromatic N) is 1. The Morgan fingerprint density at radius 2 is 1.73 bits per heavy atom. The zero-order chi connectivity index (χ0) is 10.7. The second kappa shape index (κ2) is 4.18. The van der Waals surface area contributed by atoms with Gasteiger partial charge >= 0.3 is 5.69 Å². The summed E-state index contributed by atoms with van der Waals surface area (Å²) >= 11 is 0. The van der Waals surface area contributed by atoms with Crippen LogP contribution in [0.5, 0.6) is 0 Å². The maximum Gasteiger partial charge on any atom is 0.316 e. The number of aromatic nitrogens is 1. The summed E-state index contributed by atoms with van der Waals surface area (Å²) in [5.74, 6) is 0. The van der Waals surface area contributed by atoms with Crippen LogP contribution < -0.4 is 4.57 Å². The minimum absolute atomic E-state index is 1.19. The van der Waals surface area contributed by atoms with E-state index >= 15 is 0 Å². The van der Waals surface area contributed by atoms with E-state index in [9.17, 15) is 0 Å². The van der Waals surface area contributed by atoms with Gasteiger partial charge in [-0.1, -0.05) is 0 Å². The van der Waals surface area contributed by atoms with Gasteiger partial charge in [0, 0.05) is 29.3 Å². The van der Waals surface area contributed by atoms with Crippen LogP contribution in [-0.2, 0) is 0 Å². The zero-order valence-corrected chi connectivity index (χ0v) is 9.14. The van der Waals surface area contributed by atoms with Crippen molar-refractivity contribution in [3.05, 3.63) is 66.0 Å². The summed E-state index contributed by atoms with van der Waals surface area (Å²) in [4.78, 5) is 0. The molecule has 0 N–H and O–H groups in total. The van der Waals surface area contributed by atoms with Gasteiger partial charge in [-0.3, -0.25) is 0 Å². The Morgan fingerprint density at radius 1 is 1.00 bits per heavy atom. The molecule has 2 aromatic rings. The lowest BCUT2D eigenvalue weighted by atomic mass is 10.2. The third-order valence-electron chi connectivity index (χ3n) is 2.31. The van der Waals surface area contributed by atoms with Gasteiger partial charge in [0.05, 0.1) is 6.07 Å². The van der Waals surface area contributed by atoms with Crippen molar-refractivity contribution in [2.75, 3.05) is 0 Å². The quantitative estimate of drug-likeness (QED) is 0.489. The molecular formula is C14H15N+2. The zero-order valence-electron chi connectivity index (χ0n) is 9.14. The van der Waals surface area contributed by atoms with Gasteiger partial charge < -0.3 is 0 Å². The van der Waals surface area contributed by atoms with E-state index in [2.05, 4.69) is 61.1 Å². The average Bonchev–Trinajstić information content (AvgIpc) is 2.43. The van der Waals surface area contributed by atoms with Crippen molar-refractivity contribution >= 4 is 0 Å². The molecule has 0 aliphatic rings. The molecule has 0 amide bonds. The number of rotatable bonds is 1.